The van der Waals surface area contributed by atoms with E-state index in [-0.39, 0.29) is 12.0 Å². The van der Waals surface area contributed by atoms with E-state index in [9.17, 15) is 4.79 Å². The molecule has 1 atom stereocenters. The van der Waals surface area contributed by atoms with Gasteiger partial charge in [0.1, 0.15) is 10.4 Å². The molecule has 1 aromatic heterocycles. The van der Waals surface area contributed by atoms with Gasteiger partial charge in [0.15, 0.2) is 0 Å². The Labute approximate surface area is 110 Å². The SMILES string of the molecule is CCNC(CCSc1nccs1)C(=O)OCC. The lowest BCUT2D eigenvalue weighted by Gasteiger charge is -2.15. The number of ether oxygens (including phenoxy) is 1. The van der Waals surface area contributed by atoms with Gasteiger partial charge < -0.3 is 10.1 Å². The van der Waals surface area contributed by atoms with E-state index in [0.717, 1.165) is 23.1 Å². The van der Waals surface area contributed by atoms with Crippen LogP contribution in [0.3, 0.4) is 0 Å². The molecule has 1 N–H and O–H groups in total. The summed E-state index contributed by atoms with van der Waals surface area (Å²) in [5.74, 6) is 0.707. The summed E-state index contributed by atoms with van der Waals surface area (Å²) in [6, 6.07) is -0.201. The Balaban J connectivity index is 2.31. The molecule has 0 spiro atoms. The Kier molecular flexibility index (Phi) is 7.23. The molecule has 4 nitrogen and oxygen atoms in total. The quantitative estimate of drug-likeness (QED) is 0.581. The van der Waals surface area contributed by atoms with Crippen LogP contribution in [-0.2, 0) is 9.53 Å². The fourth-order valence-electron chi connectivity index (χ4n) is 1.34. The first-order chi connectivity index (χ1) is 8.27. The van der Waals surface area contributed by atoms with Crippen molar-refractivity contribution in [2.45, 2.75) is 30.6 Å². The summed E-state index contributed by atoms with van der Waals surface area (Å²) < 4.78 is 6.07. The number of nitrogens with one attached hydrogen (secondary N) is 1. The minimum atomic E-state index is -0.201. The molecular weight excluding hydrogens is 256 g/mol. The largest absolute Gasteiger partial charge is 0.465 e. The zero-order valence-electron chi connectivity index (χ0n) is 10.1. The number of carbonyl (C=O) groups is 1. The van der Waals surface area contributed by atoms with E-state index in [0.29, 0.717) is 6.61 Å². The number of esters is 1. The van der Waals surface area contributed by atoms with Gasteiger partial charge in [-0.15, -0.1) is 11.3 Å². The first kappa shape index (κ1) is 14.5. The summed E-state index contributed by atoms with van der Waals surface area (Å²) in [5.41, 5.74) is 0. The zero-order chi connectivity index (χ0) is 12.5. The van der Waals surface area contributed by atoms with Crippen molar-refractivity contribution in [1.29, 1.82) is 0 Å². The predicted molar refractivity (Wildman–Crippen MR) is 71.6 cm³/mol. The van der Waals surface area contributed by atoms with Crippen LogP contribution in [0.25, 0.3) is 0 Å². The van der Waals surface area contributed by atoms with Crippen LogP contribution >= 0.6 is 23.1 Å². The van der Waals surface area contributed by atoms with Gasteiger partial charge in [-0.25, -0.2) is 4.98 Å². The third-order valence-electron chi connectivity index (χ3n) is 2.06. The number of hydrogen-bond donors (Lipinski definition) is 1. The highest BCUT2D eigenvalue weighted by atomic mass is 32.2. The van der Waals surface area contributed by atoms with Crippen LogP contribution in [-0.4, -0.2) is 35.9 Å². The molecule has 0 aromatic carbocycles. The Morgan fingerprint density at radius 1 is 1.65 bits per heavy atom. The van der Waals surface area contributed by atoms with Crippen LogP contribution in [0.1, 0.15) is 20.3 Å². The highest BCUT2D eigenvalue weighted by molar-refractivity contribution is 8.00. The second-order valence-corrected chi connectivity index (χ2v) is 5.53. The smallest absolute Gasteiger partial charge is 0.323 e. The molecule has 1 unspecified atom stereocenters. The molecule has 0 radical (unpaired) electrons. The molecule has 0 bridgehead atoms. The molecule has 0 fully saturated rings. The predicted octanol–water partition coefficient (Wildman–Crippen LogP) is 2.17. The van der Waals surface area contributed by atoms with Crippen molar-refractivity contribution in [3.8, 4) is 0 Å². The Morgan fingerprint density at radius 2 is 2.47 bits per heavy atom. The summed E-state index contributed by atoms with van der Waals surface area (Å²) in [7, 11) is 0. The van der Waals surface area contributed by atoms with Crippen molar-refractivity contribution < 1.29 is 9.53 Å². The van der Waals surface area contributed by atoms with Crippen molar-refractivity contribution in [2.75, 3.05) is 18.9 Å². The first-order valence-electron chi connectivity index (χ1n) is 5.70. The van der Waals surface area contributed by atoms with E-state index in [4.69, 9.17) is 4.74 Å². The monoisotopic (exact) mass is 274 g/mol. The lowest BCUT2D eigenvalue weighted by molar-refractivity contribution is -0.145. The number of rotatable bonds is 8. The summed E-state index contributed by atoms with van der Waals surface area (Å²) in [4.78, 5) is 15.8. The van der Waals surface area contributed by atoms with Gasteiger partial charge in [-0.05, 0) is 19.9 Å². The maximum atomic E-state index is 11.6. The number of thioether (sulfide) groups is 1. The van der Waals surface area contributed by atoms with Crippen LogP contribution in [0, 0.1) is 0 Å². The minimum absolute atomic E-state index is 0.158. The van der Waals surface area contributed by atoms with Gasteiger partial charge in [-0.1, -0.05) is 18.7 Å². The number of hydrogen-bond acceptors (Lipinski definition) is 6. The lowest BCUT2D eigenvalue weighted by Crippen LogP contribution is -2.38. The van der Waals surface area contributed by atoms with Crippen molar-refractivity contribution in [2.24, 2.45) is 0 Å². The van der Waals surface area contributed by atoms with Gasteiger partial charge in [0.25, 0.3) is 0 Å². The molecule has 0 aliphatic rings. The molecule has 6 heteroatoms. The maximum absolute atomic E-state index is 11.6. The van der Waals surface area contributed by atoms with Gasteiger partial charge in [-0.2, -0.15) is 0 Å². The van der Waals surface area contributed by atoms with Gasteiger partial charge in [0.2, 0.25) is 0 Å². The molecule has 0 amide bonds. The summed E-state index contributed by atoms with van der Waals surface area (Å²) >= 11 is 3.30. The van der Waals surface area contributed by atoms with Crippen molar-refractivity contribution in [1.82, 2.24) is 10.3 Å². The van der Waals surface area contributed by atoms with Gasteiger partial charge >= 0.3 is 5.97 Å². The molecule has 1 aromatic rings. The van der Waals surface area contributed by atoms with E-state index < -0.39 is 0 Å². The van der Waals surface area contributed by atoms with E-state index >= 15 is 0 Å². The molecule has 0 aliphatic carbocycles. The van der Waals surface area contributed by atoms with E-state index in [2.05, 4.69) is 10.3 Å². The Morgan fingerprint density at radius 3 is 3.06 bits per heavy atom. The van der Waals surface area contributed by atoms with Gasteiger partial charge in [-0.3, -0.25) is 4.79 Å². The number of aromatic nitrogens is 1. The average molecular weight is 274 g/mol. The van der Waals surface area contributed by atoms with Crippen LogP contribution in [0.15, 0.2) is 15.9 Å². The molecule has 1 heterocycles. The Hall–Kier alpha value is -0.590. The summed E-state index contributed by atoms with van der Waals surface area (Å²) in [5, 5.41) is 5.10. The van der Waals surface area contributed by atoms with E-state index in [1.807, 2.05) is 19.2 Å². The summed E-state index contributed by atoms with van der Waals surface area (Å²) in [6.45, 7) is 5.01. The van der Waals surface area contributed by atoms with Gasteiger partial charge in [0.05, 0.1) is 6.61 Å². The van der Waals surface area contributed by atoms with Crippen LogP contribution in [0.4, 0.5) is 0 Å². The first-order valence-corrected chi connectivity index (χ1v) is 7.56. The molecule has 0 aliphatic heterocycles. The van der Waals surface area contributed by atoms with Crippen molar-refractivity contribution >= 4 is 29.1 Å². The molecule has 96 valence electrons. The summed E-state index contributed by atoms with van der Waals surface area (Å²) in [6.07, 6.45) is 2.55. The lowest BCUT2D eigenvalue weighted by atomic mass is 10.2. The number of nitrogens with zero attached hydrogens (tertiary/aromatic N) is 1. The standard InChI is InChI=1S/C11H18N2O2S2/c1-3-12-9(10(14)15-4-2)5-7-16-11-13-6-8-17-11/h6,8-9,12H,3-5,7H2,1-2H3. The number of thiazole rings is 1. The molecule has 17 heavy (non-hydrogen) atoms. The topological polar surface area (TPSA) is 51.2 Å². The van der Waals surface area contributed by atoms with Crippen LogP contribution in [0.2, 0.25) is 0 Å². The van der Waals surface area contributed by atoms with Crippen molar-refractivity contribution in [3.05, 3.63) is 11.6 Å². The molecular formula is C11H18N2O2S2. The zero-order valence-corrected chi connectivity index (χ0v) is 11.8. The van der Waals surface area contributed by atoms with Crippen molar-refractivity contribution in [3.63, 3.8) is 0 Å². The van der Waals surface area contributed by atoms with E-state index in [1.165, 1.54) is 0 Å². The van der Waals surface area contributed by atoms with Crippen LogP contribution < -0.4 is 5.32 Å². The highest BCUT2D eigenvalue weighted by Crippen LogP contribution is 2.21. The minimum Gasteiger partial charge on any atom is -0.465 e. The van der Waals surface area contributed by atoms with E-state index in [1.54, 1.807) is 29.3 Å². The fraction of sp³-hybridized carbons (Fsp3) is 0.636. The second kappa shape index (κ2) is 8.49. The fourth-order valence-corrected chi connectivity index (χ4v) is 3.05. The normalized spacial score (nSPS) is 12.4. The third kappa shape index (κ3) is 5.52. The highest BCUT2D eigenvalue weighted by Gasteiger charge is 2.18. The maximum Gasteiger partial charge on any atom is 0.323 e. The number of likely N-dealkylation sites (N-methyl/N-ethyl adjacent to an activating group) is 1. The van der Waals surface area contributed by atoms with Gasteiger partial charge in [0, 0.05) is 17.3 Å². The second-order valence-electron chi connectivity index (χ2n) is 3.30. The molecule has 1 rings (SSSR count). The molecule has 0 saturated heterocycles. The number of carbonyl (C=O) groups excluding carboxylic acids is 1. The van der Waals surface area contributed by atoms with Crippen LogP contribution in [0.5, 0.6) is 0 Å². The average Bonchev–Trinajstić information content (AvgIpc) is 2.81. The molecule has 0 saturated carbocycles. The Bertz CT molecular complexity index is 317. The third-order valence-corrected chi connectivity index (χ3v) is 4.06.